The van der Waals surface area contributed by atoms with Crippen LogP contribution in [0.15, 0.2) is 0 Å². The summed E-state index contributed by atoms with van der Waals surface area (Å²) in [6.45, 7) is 9.95. The minimum atomic E-state index is -0.838. The molecular weight excluding hydrogens is 148 g/mol. The summed E-state index contributed by atoms with van der Waals surface area (Å²) in [5.74, 6) is 0. The smallest absolute Gasteiger partial charge is 0.0558 e. The van der Waals surface area contributed by atoms with Crippen molar-refractivity contribution < 1.29 is 0 Å². The van der Waals surface area contributed by atoms with Gasteiger partial charge in [-0.15, -0.1) is 0 Å². The second kappa shape index (κ2) is 2.93. The van der Waals surface area contributed by atoms with E-state index in [1.54, 1.807) is 12.1 Å². The van der Waals surface area contributed by atoms with E-state index in [9.17, 15) is 0 Å². The fraction of sp³-hybridized carbons (Fsp3) is 1.00. The zero-order valence-corrected chi connectivity index (χ0v) is 9.54. The van der Waals surface area contributed by atoms with Crippen molar-refractivity contribution in [1.29, 1.82) is 0 Å². The van der Waals surface area contributed by atoms with E-state index in [2.05, 4.69) is 27.3 Å². The first-order valence-corrected chi connectivity index (χ1v) is 7.87. The Bertz CT molecular complexity index is 126. The molecule has 1 saturated heterocycles. The Hall–Kier alpha value is 0.217. The zero-order valence-electron chi connectivity index (χ0n) is 8.54. The third-order valence-corrected chi connectivity index (χ3v) is 10.3. The summed E-state index contributed by atoms with van der Waals surface area (Å²) >= 11 is 0. The summed E-state index contributed by atoms with van der Waals surface area (Å²) in [6.07, 6.45) is 4.53. The van der Waals surface area contributed by atoms with Crippen LogP contribution in [-0.4, -0.2) is 8.07 Å². The second-order valence-electron chi connectivity index (χ2n) is 5.37. The Labute approximate surface area is 72.4 Å². The van der Waals surface area contributed by atoms with E-state index in [4.69, 9.17) is 0 Å². The van der Waals surface area contributed by atoms with Gasteiger partial charge in [-0.25, -0.2) is 0 Å². The lowest BCUT2D eigenvalue weighted by atomic mass is 10.2. The maximum Gasteiger partial charge on any atom is 0.0558 e. The standard InChI is InChI=1S/C10H22Si/c1-10(2,3)11(4)8-6-5-7-9-11/h5-9H2,1-4H3. The van der Waals surface area contributed by atoms with Crippen molar-refractivity contribution in [1.82, 2.24) is 0 Å². The van der Waals surface area contributed by atoms with Crippen LogP contribution in [0.25, 0.3) is 0 Å². The van der Waals surface area contributed by atoms with E-state index in [1.807, 2.05) is 0 Å². The SMILES string of the molecule is CC(C)(C)[Si]1(C)CCCCC1. The molecule has 0 aromatic rings. The molecule has 1 fully saturated rings. The Morgan fingerprint density at radius 2 is 1.36 bits per heavy atom. The molecule has 0 unspecified atom stereocenters. The van der Waals surface area contributed by atoms with Gasteiger partial charge in [-0.3, -0.25) is 0 Å². The van der Waals surface area contributed by atoms with Crippen molar-refractivity contribution in [2.24, 2.45) is 0 Å². The van der Waals surface area contributed by atoms with Crippen molar-refractivity contribution in [2.75, 3.05) is 0 Å². The van der Waals surface area contributed by atoms with Crippen molar-refractivity contribution >= 4 is 8.07 Å². The molecule has 0 spiro atoms. The predicted molar refractivity (Wildman–Crippen MR) is 54.8 cm³/mol. The Kier molecular flexibility index (Phi) is 2.48. The lowest BCUT2D eigenvalue weighted by Crippen LogP contribution is -2.41. The molecule has 0 aliphatic carbocycles. The second-order valence-corrected chi connectivity index (χ2v) is 11.0. The normalized spacial score (nSPS) is 25.1. The average molecular weight is 170 g/mol. The first kappa shape index (κ1) is 9.31. The van der Waals surface area contributed by atoms with Crippen LogP contribution < -0.4 is 0 Å². The molecule has 0 saturated carbocycles. The molecule has 1 rings (SSSR count). The van der Waals surface area contributed by atoms with Crippen LogP contribution in [0.1, 0.15) is 40.0 Å². The Balaban J connectivity index is 2.64. The molecule has 0 nitrogen and oxygen atoms in total. The van der Waals surface area contributed by atoms with E-state index in [-0.39, 0.29) is 0 Å². The van der Waals surface area contributed by atoms with E-state index < -0.39 is 8.07 Å². The molecular formula is C10H22Si. The molecule has 0 radical (unpaired) electrons. The van der Waals surface area contributed by atoms with Gasteiger partial charge in [0, 0.05) is 0 Å². The number of hydrogen-bond donors (Lipinski definition) is 0. The Morgan fingerprint density at radius 1 is 0.909 bits per heavy atom. The summed E-state index contributed by atoms with van der Waals surface area (Å²) in [5.41, 5.74) is 0. The molecule has 1 aliphatic rings. The zero-order chi connectivity index (χ0) is 8.54. The lowest BCUT2D eigenvalue weighted by molar-refractivity contribution is 0.633. The summed E-state index contributed by atoms with van der Waals surface area (Å²) in [7, 11) is -0.838. The van der Waals surface area contributed by atoms with Gasteiger partial charge in [0.1, 0.15) is 0 Å². The molecule has 0 amide bonds. The molecule has 1 heterocycles. The predicted octanol–water partition coefficient (Wildman–Crippen LogP) is 4.05. The van der Waals surface area contributed by atoms with E-state index in [1.165, 1.54) is 19.3 Å². The highest BCUT2D eigenvalue weighted by Crippen LogP contribution is 2.45. The topological polar surface area (TPSA) is 0 Å². The van der Waals surface area contributed by atoms with E-state index in [0.717, 1.165) is 0 Å². The monoisotopic (exact) mass is 170 g/mol. The molecule has 66 valence electrons. The summed E-state index contributed by atoms with van der Waals surface area (Å²) in [4.78, 5) is 0. The van der Waals surface area contributed by atoms with Crippen LogP contribution in [0.5, 0.6) is 0 Å². The summed E-state index contributed by atoms with van der Waals surface area (Å²) < 4.78 is 0. The maximum absolute atomic E-state index is 2.60. The third-order valence-electron chi connectivity index (χ3n) is 3.77. The van der Waals surface area contributed by atoms with Crippen molar-refractivity contribution in [2.45, 2.75) is 63.7 Å². The Morgan fingerprint density at radius 3 is 1.64 bits per heavy atom. The molecule has 11 heavy (non-hydrogen) atoms. The first-order chi connectivity index (χ1) is 4.96. The van der Waals surface area contributed by atoms with Crippen LogP contribution >= 0.6 is 0 Å². The average Bonchev–Trinajstić information content (AvgIpc) is 1.87. The molecule has 1 heteroatoms. The summed E-state index contributed by atoms with van der Waals surface area (Å²) in [5, 5.41) is 0.646. The van der Waals surface area contributed by atoms with Gasteiger partial charge in [-0.05, 0) is 5.04 Å². The first-order valence-electron chi connectivity index (χ1n) is 4.96. The van der Waals surface area contributed by atoms with Gasteiger partial charge in [-0.1, -0.05) is 58.7 Å². The van der Waals surface area contributed by atoms with Gasteiger partial charge in [0.05, 0.1) is 8.07 Å². The van der Waals surface area contributed by atoms with Crippen LogP contribution in [0.2, 0.25) is 23.7 Å². The maximum atomic E-state index is 2.60. The van der Waals surface area contributed by atoms with Gasteiger partial charge >= 0.3 is 0 Å². The van der Waals surface area contributed by atoms with Crippen molar-refractivity contribution in [3.63, 3.8) is 0 Å². The largest absolute Gasteiger partial charge is 0.0688 e. The highest BCUT2D eigenvalue weighted by Gasteiger charge is 2.39. The van der Waals surface area contributed by atoms with Crippen LogP contribution in [0.4, 0.5) is 0 Å². The van der Waals surface area contributed by atoms with Crippen molar-refractivity contribution in [3.05, 3.63) is 0 Å². The molecule has 0 N–H and O–H groups in total. The van der Waals surface area contributed by atoms with Crippen molar-refractivity contribution in [3.8, 4) is 0 Å². The third kappa shape index (κ3) is 1.87. The quantitative estimate of drug-likeness (QED) is 0.481. The fourth-order valence-corrected chi connectivity index (χ4v) is 5.89. The molecule has 1 aliphatic heterocycles. The molecule has 0 atom stereocenters. The van der Waals surface area contributed by atoms with Crippen LogP contribution in [0, 0.1) is 0 Å². The summed E-state index contributed by atoms with van der Waals surface area (Å²) in [6, 6.07) is 3.16. The van der Waals surface area contributed by atoms with E-state index >= 15 is 0 Å². The van der Waals surface area contributed by atoms with Gasteiger partial charge in [0.25, 0.3) is 0 Å². The minimum Gasteiger partial charge on any atom is -0.0688 e. The minimum absolute atomic E-state index is 0.646. The molecule has 0 aromatic carbocycles. The van der Waals surface area contributed by atoms with Gasteiger partial charge in [0.2, 0.25) is 0 Å². The highest BCUT2D eigenvalue weighted by atomic mass is 28.3. The van der Waals surface area contributed by atoms with E-state index in [0.29, 0.717) is 5.04 Å². The van der Waals surface area contributed by atoms with Crippen LogP contribution in [0.3, 0.4) is 0 Å². The van der Waals surface area contributed by atoms with Gasteiger partial charge in [-0.2, -0.15) is 0 Å². The highest BCUT2D eigenvalue weighted by molar-refractivity contribution is 6.81. The lowest BCUT2D eigenvalue weighted by Gasteiger charge is -2.43. The molecule has 0 aromatic heterocycles. The fourth-order valence-electron chi connectivity index (χ4n) is 2.08. The van der Waals surface area contributed by atoms with Gasteiger partial charge in [0.15, 0.2) is 0 Å². The molecule has 0 bridgehead atoms. The number of rotatable bonds is 0. The van der Waals surface area contributed by atoms with Gasteiger partial charge < -0.3 is 0 Å². The number of hydrogen-bond acceptors (Lipinski definition) is 0. The van der Waals surface area contributed by atoms with Crippen LogP contribution in [-0.2, 0) is 0 Å².